The Morgan fingerprint density at radius 3 is 1.78 bits per heavy atom. The molecule has 2 aromatic rings. The molecule has 27 heavy (non-hydrogen) atoms. The van der Waals surface area contributed by atoms with Gasteiger partial charge in [-0.1, -0.05) is 24.3 Å². The number of nitrogens with one attached hydrogen (secondary N) is 1. The smallest absolute Gasteiger partial charge is 0.318 e. The van der Waals surface area contributed by atoms with Gasteiger partial charge in [0.1, 0.15) is 11.6 Å². The summed E-state index contributed by atoms with van der Waals surface area (Å²) in [5, 5.41) is 12.0. The lowest BCUT2D eigenvalue weighted by Crippen LogP contribution is -2.46. The maximum absolute atomic E-state index is 13.3. The van der Waals surface area contributed by atoms with Crippen molar-refractivity contribution >= 4 is 12.0 Å². The highest BCUT2D eigenvalue weighted by Gasteiger charge is 2.28. The Morgan fingerprint density at radius 2 is 1.37 bits per heavy atom. The Balaban J connectivity index is 1.77. The number of nitrogens with zero attached hydrogens (tertiary/aromatic N) is 1. The number of carbonyl (C=O) groups excluding carboxylic acids is 1. The number of carboxylic acids is 1. The van der Waals surface area contributed by atoms with E-state index in [1.165, 1.54) is 24.3 Å². The summed E-state index contributed by atoms with van der Waals surface area (Å²) < 4.78 is 26.5. The van der Waals surface area contributed by atoms with Crippen LogP contribution in [0.25, 0.3) is 0 Å². The SMILES string of the molecule is O=C(O)C1CCN(C(=O)NC(c2ccc(F)cc2)c2ccc(F)cc2)CC1. The first-order valence-electron chi connectivity index (χ1n) is 8.73. The van der Waals surface area contributed by atoms with Gasteiger partial charge in [0.2, 0.25) is 0 Å². The van der Waals surface area contributed by atoms with Crippen LogP contribution in [0.5, 0.6) is 0 Å². The van der Waals surface area contributed by atoms with Crippen molar-refractivity contribution in [2.75, 3.05) is 13.1 Å². The maximum Gasteiger partial charge on any atom is 0.318 e. The third kappa shape index (κ3) is 4.61. The van der Waals surface area contributed by atoms with E-state index in [0.717, 1.165) is 0 Å². The average Bonchev–Trinajstić information content (AvgIpc) is 2.67. The first kappa shape index (κ1) is 18.8. The molecule has 0 saturated carbocycles. The number of benzene rings is 2. The molecule has 1 aliphatic rings. The van der Waals surface area contributed by atoms with Gasteiger partial charge < -0.3 is 15.3 Å². The van der Waals surface area contributed by atoms with Crippen LogP contribution in [0, 0.1) is 17.6 Å². The topological polar surface area (TPSA) is 69.6 Å². The molecular weight excluding hydrogens is 354 g/mol. The van der Waals surface area contributed by atoms with Crippen LogP contribution >= 0.6 is 0 Å². The lowest BCUT2D eigenvalue weighted by Gasteiger charge is -2.32. The van der Waals surface area contributed by atoms with Gasteiger partial charge in [-0.15, -0.1) is 0 Å². The van der Waals surface area contributed by atoms with Crippen LogP contribution in [0.4, 0.5) is 13.6 Å². The van der Waals surface area contributed by atoms with Gasteiger partial charge in [-0.05, 0) is 48.2 Å². The van der Waals surface area contributed by atoms with Gasteiger partial charge in [0, 0.05) is 13.1 Å². The molecule has 1 heterocycles. The molecule has 142 valence electrons. The quantitative estimate of drug-likeness (QED) is 0.860. The molecule has 1 aliphatic heterocycles. The van der Waals surface area contributed by atoms with Crippen molar-refractivity contribution in [1.82, 2.24) is 10.2 Å². The molecule has 0 bridgehead atoms. The molecule has 7 heteroatoms. The monoisotopic (exact) mass is 374 g/mol. The van der Waals surface area contributed by atoms with Crippen LogP contribution in [0.3, 0.4) is 0 Å². The minimum Gasteiger partial charge on any atom is -0.481 e. The fourth-order valence-corrected chi connectivity index (χ4v) is 3.21. The molecule has 0 spiro atoms. The zero-order chi connectivity index (χ0) is 19.4. The van der Waals surface area contributed by atoms with Gasteiger partial charge >= 0.3 is 12.0 Å². The van der Waals surface area contributed by atoms with Crippen molar-refractivity contribution in [1.29, 1.82) is 0 Å². The van der Waals surface area contributed by atoms with E-state index >= 15 is 0 Å². The van der Waals surface area contributed by atoms with Crippen LogP contribution in [0.15, 0.2) is 48.5 Å². The van der Waals surface area contributed by atoms with Crippen LogP contribution < -0.4 is 5.32 Å². The predicted molar refractivity (Wildman–Crippen MR) is 95.1 cm³/mol. The number of carbonyl (C=O) groups is 2. The number of hydrogen-bond acceptors (Lipinski definition) is 2. The number of halogens is 2. The van der Waals surface area contributed by atoms with E-state index in [1.54, 1.807) is 29.2 Å². The standard InChI is InChI=1S/C20H20F2N2O3/c21-16-5-1-13(2-6-16)18(14-3-7-17(22)8-4-14)23-20(27)24-11-9-15(10-12-24)19(25)26/h1-8,15,18H,9-12H2,(H,23,27)(H,25,26). The number of urea groups is 1. The molecule has 0 atom stereocenters. The Labute approximate surface area is 155 Å². The number of likely N-dealkylation sites (tertiary alicyclic amines) is 1. The molecular formula is C20H20F2N2O3. The Bertz CT molecular complexity index is 755. The van der Waals surface area contributed by atoms with Gasteiger partial charge in [0.05, 0.1) is 12.0 Å². The summed E-state index contributed by atoms with van der Waals surface area (Å²) in [6.07, 6.45) is 0.807. The fraction of sp³-hybridized carbons (Fsp3) is 0.300. The number of rotatable bonds is 4. The Kier molecular flexibility index (Phi) is 5.69. The number of piperidine rings is 1. The van der Waals surface area contributed by atoms with Crippen molar-refractivity contribution in [2.24, 2.45) is 5.92 Å². The zero-order valence-electron chi connectivity index (χ0n) is 14.6. The van der Waals surface area contributed by atoms with E-state index < -0.39 is 29.6 Å². The number of aliphatic carboxylic acids is 1. The second kappa shape index (κ2) is 8.16. The van der Waals surface area contributed by atoms with Gasteiger partial charge in [0.25, 0.3) is 0 Å². The number of carboxylic acid groups (broad SMARTS) is 1. The van der Waals surface area contributed by atoms with Gasteiger partial charge in [-0.2, -0.15) is 0 Å². The van der Waals surface area contributed by atoms with E-state index in [9.17, 15) is 18.4 Å². The lowest BCUT2D eigenvalue weighted by molar-refractivity contribution is -0.143. The third-order valence-corrected chi connectivity index (χ3v) is 4.81. The van der Waals surface area contributed by atoms with E-state index in [1.807, 2.05) is 0 Å². The molecule has 1 saturated heterocycles. The second-order valence-electron chi connectivity index (χ2n) is 6.59. The molecule has 1 fully saturated rings. The van der Waals surface area contributed by atoms with Crippen molar-refractivity contribution < 1.29 is 23.5 Å². The highest BCUT2D eigenvalue weighted by atomic mass is 19.1. The summed E-state index contributed by atoms with van der Waals surface area (Å²) in [4.78, 5) is 25.3. The largest absolute Gasteiger partial charge is 0.481 e. The number of amides is 2. The predicted octanol–water partition coefficient (Wildman–Crippen LogP) is 3.56. The van der Waals surface area contributed by atoms with Crippen molar-refractivity contribution in [3.63, 3.8) is 0 Å². The molecule has 2 N–H and O–H groups in total. The highest BCUT2D eigenvalue weighted by molar-refractivity contribution is 5.76. The summed E-state index contributed by atoms with van der Waals surface area (Å²) in [7, 11) is 0. The summed E-state index contributed by atoms with van der Waals surface area (Å²) in [6.45, 7) is 0.699. The summed E-state index contributed by atoms with van der Waals surface area (Å²) >= 11 is 0. The first-order chi connectivity index (χ1) is 12.9. The van der Waals surface area contributed by atoms with Crippen LogP contribution in [0.1, 0.15) is 30.0 Å². The molecule has 0 radical (unpaired) electrons. The lowest BCUT2D eigenvalue weighted by atomic mass is 9.97. The first-order valence-corrected chi connectivity index (χ1v) is 8.73. The van der Waals surface area contributed by atoms with Gasteiger partial charge in [0.15, 0.2) is 0 Å². The van der Waals surface area contributed by atoms with E-state index in [0.29, 0.717) is 37.1 Å². The Morgan fingerprint density at radius 1 is 0.926 bits per heavy atom. The molecule has 3 rings (SSSR count). The summed E-state index contributed by atoms with van der Waals surface area (Å²) in [5.41, 5.74) is 1.33. The molecule has 2 aromatic carbocycles. The van der Waals surface area contributed by atoms with E-state index in [-0.39, 0.29) is 6.03 Å². The Hall–Kier alpha value is -2.96. The normalized spacial score (nSPS) is 15.0. The fourth-order valence-electron chi connectivity index (χ4n) is 3.21. The van der Waals surface area contributed by atoms with Crippen molar-refractivity contribution in [2.45, 2.75) is 18.9 Å². The van der Waals surface area contributed by atoms with Gasteiger partial charge in [-0.3, -0.25) is 4.79 Å². The molecule has 5 nitrogen and oxygen atoms in total. The minimum absolute atomic E-state index is 0.336. The van der Waals surface area contributed by atoms with Crippen molar-refractivity contribution in [3.05, 3.63) is 71.3 Å². The third-order valence-electron chi connectivity index (χ3n) is 4.81. The van der Waals surface area contributed by atoms with E-state index in [2.05, 4.69) is 5.32 Å². The maximum atomic E-state index is 13.3. The number of hydrogen-bond donors (Lipinski definition) is 2. The van der Waals surface area contributed by atoms with Crippen LogP contribution in [0.2, 0.25) is 0 Å². The average molecular weight is 374 g/mol. The molecule has 2 amide bonds. The molecule has 0 aliphatic carbocycles. The van der Waals surface area contributed by atoms with Crippen LogP contribution in [-0.2, 0) is 4.79 Å². The molecule has 0 unspecified atom stereocenters. The van der Waals surface area contributed by atoms with E-state index in [4.69, 9.17) is 5.11 Å². The second-order valence-corrected chi connectivity index (χ2v) is 6.59. The zero-order valence-corrected chi connectivity index (χ0v) is 14.6. The van der Waals surface area contributed by atoms with Crippen molar-refractivity contribution in [3.8, 4) is 0 Å². The minimum atomic E-state index is -0.842. The molecule has 0 aromatic heterocycles. The summed E-state index contributed by atoms with van der Waals surface area (Å²) in [6, 6.07) is 10.6. The highest BCUT2D eigenvalue weighted by Crippen LogP contribution is 2.24. The van der Waals surface area contributed by atoms with Crippen LogP contribution in [-0.4, -0.2) is 35.1 Å². The summed E-state index contributed by atoms with van der Waals surface area (Å²) in [5.74, 6) is -2.05. The van der Waals surface area contributed by atoms with Gasteiger partial charge in [-0.25, -0.2) is 13.6 Å².